The van der Waals surface area contributed by atoms with Crippen LogP contribution in [0.2, 0.25) is 0 Å². The van der Waals surface area contributed by atoms with Gasteiger partial charge in [-0.05, 0) is 25.3 Å². The average molecular weight is 267 g/mol. The summed E-state index contributed by atoms with van der Waals surface area (Å²) in [6.07, 6.45) is 6.87. The van der Waals surface area contributed by atoms with E-state index in [-0.39, 0.29) is 5.92 Å². The summed E-state index contributed by atoms with van der Waals surface area (Å²) in [7, 11) is 0. The predicted octanol–water partition coefficient (Wildman–Crippen LogP) is 1.41. The molecule has 1 heterocycles. The number of rotatable bonds is 7. The number of aliphatic carboxylic acids is 1. The monoisotopic (exact) mass is 267 g/mol. The van der Waals surface area contributed by atoms with E-state index in [9.17, 15) is 9.90 Å². The fraction of sp³-hybridized carbons (Fsp3) is 0.583. The smallest absolute Gasteiger partial charge is 0.325 e. The molecule has 6 heteroatoms. The van der Waals surface area contributed by atoms with Crippen LogP contribution in [0.15, 0.2) is 23.6 Å². The molecular formula is C12H17N3O2S. The second-order valence-electron chi connectivity index (χ2n) is 4.41. The van der Waals surface area contributed by atoms with Crippen LogP contribution in [0.3, 0.4) is 0 Å². The van der Waals surface area contributed by atoms with Crippen LogP contribution in [0.1, 0.15) is 19.8 Å². The molecule has 1 unspecified atom stereocenters. The molecule has 0 aliphatic heterocycles. The number of likely N-dealkylation sites (N-methyl/N-ethyl adjacent to an activating group) is 1. The number of thioether (sulfide) groups is 1. The molecule has 1 aromatic rings. The standard InChI is InChI=1S/C12H17N3O2S/c1-2-15-12(11(16)17,9-3-4-9)8-18-10-7-13-5-6-14-10/h5-7,9,15H,2-4,8H2,1H3,(H,16,17). The number of carboxylic acids is 1. The van der Waals surface area contributed by atoms with Crippen molar-refractivity contribution in [2.45, 2.75) is 30.3 Å². The fourth-order valence-electron chi connectivity index (χ4n) is 2.06. The van der Waals surface area contributed by atoms with Crippen LogP contribution in [0.4, 0.5) is 0 Å². The zero-order chi connectivity index (χ0) is 13.0. The fourth-order valence-corrected chi connectivity index (χ4v) is 3.17. The van der Waals surface area contributed by atoms with Gasteiger partial charge in [0.1, 0.15) is 10.6 Å². The first kappa shape index (κ1) is 13.3. The average Bonchev–Trinajstić information content (AvgIpc) is 3.20. The molecule has 18 heavy (non-hydrogen) atoms. The summed E-state index contributed by atoms with van der Waals surface area (Å²) >= 11 is 1.45. The van der Waals surface area contributed by atoms with E-state index in [1.54, 1.807) is 18.6 Å². The number of hydrogen-bond acceptors (Lipinski definition) is 5. The molecule has 2 N–H and O–H groups in total. The summed E-state index contributed by atoms with van der Waals surface area (Å²) in [6, 6.07) is 0. The molecule has 1 atom stereocenters. The van der Waals surface area contributed by atoms with E-state index in [0.717, 1.165) is 17.9 Å². The van der Waals surface area contributed by atoms with Crippen molar-refractivity contribution in [3.63, 3.8) is 0 Å². The number of carbonyl (C=O) groups is 1. The van der Waals surface area contributed by atoms with Gasteiger partial charge >= 0.3 is 5.97 Å². The van der Waals surface area contributed by atoms with Crippen molar-refractivity contribution >= 4 is 17.7 Å². The minimum absolute atomic E-state index is 0.235. The van der Waals surface area contributed by atoms with Crippen LogP contribution in [-0.4, -0.2) is 38.9 Å². The van der Waals surface area contributed by atoms with Crippen molar-refractivity contribution in [1.82, 2.24) is 15.3 Å². The van der Waals surface area contributed by atoms with Crippen LogP contribution in [0, 0.1) is 5.92 Å². The van der Waals surface area contributed by atoms with Gasteiger partial charge < -0.3 is 10.4 Å². The number of hydrogen-bond donors (Lipinski definition) is 2. The van der Waals surface area contributed by atoms with Gasteiger partial charge in [0.05, 0.1) is 6.20 Å². The highest BCUT2D eigenvalue weighted by Crippen LogP contribution is 2.42. The van der Waals surface area contributed by atoms with Crippen molar-refractivity contribution in [2.75, 3.05) is 12.3 Å². The number of aromatic nitrogens is 2. The SMILES string of the molecule is CCNC(CSc1cnccn1)(C(=O)O)C1CC1. The number of carboxylic acid groups (broad SMARTS) is 1. The molecule has 0 saturated heterocycles. The largest absolute Gasteiger partial charge is 0.480 e. The number of nitrogens with one attached hydrogen (secondary N) is 1. The summed E-state index contributed by atoms with van der Waals surface area (Å²) in [6.45, 7) is 2.59. The highest BCUT2D eigenvalue weighted by Gasteiger charge is 2.50. The Balaban J connectivity index is 2.07. The van der Waals surface area contributed by atoms with Gasteiger partial charge in [-0.3, -0.25) is 9.78 Å². The molecule has 0 bridgehead atoms. The Morgan fingerprint density at radius 3 is 2.89 bits per heavy atom. The first-order chi connectivity index (χ1) is 8.69. The van der Waals surface area contributed by atoms with Crippen LogP contribution in [0.25, 0.3) is 0 Å². The molecule has 1 fully saturated rings. The Bertz CT molecular complexity index is 411. The lowest BCUT2D eigenvalue weighted by Gasteiger charge is -2.29. The molecule has 0 amide bonds. The summed E-state index contributed by atoms with van der Waals surface area (Å²) in [4.78, 5) is 19.7. The molecule has 0 radical (unpaired) electrons. The van der Waals surface area contributed by atoms with Crippen molar-refractivity contribution in [1.29, 1.82) is 0 Å². The van der Waals surface area contributed by atoms with Crippen molar-refractivity contribution < 1.29 is 9.90 Å². The zero-order valence-electron chi connectivity index (χ0n) is 10.3. The lowest BCUT2D eigenvalue weighted by atomic mass is 9.96. The highest BCUT2D eigenvalue weighted by molar-refractivity contribution is 7.99. The molecule has 1 aliphatic carbocycles. The van der Waals surface area contributed by atoms with Crippen LogP contribution < -0.4 is 5.32 Å². The lowest BCUT2D eigenvalue weighted by molar-refractivity contribution is -0.144. The second kappa shape index (κ2) is 5.67. The first-order valence-electron chi connectivity index (χ1n) is 6.06. The Hall–Kier alpha value is -1.14. The highest BCUT2D eigenvalue weighted by atomic mass is 32.2. The Labute approximate surface area is 110 Å². The normalized spacial score (nSPS) is 18.3. The second-order valence-corrected chi connectivity index (χ2v) is 5.41. The zero-order valence-corrected chi connectivity index (χ0v) is 11.1. The van der Waals surface area contributed by atoms with Gasteiger partial charge in [0.15, 0.2) is 0 Å². The summed E-state index contributed by atoms with van der Waals surface area (Å²) in [5, 5.41) is 13.5. The quantitative estimate of drug-likeness (QED) is 0.728. The van der Waals surface area contributed by atoms with E-state index in [1.165, 1.54) is 11.8 Å². The Morgan fingerprint density at radius 1 is 1.61 bits per heavy atom. The van der Waals surface area contributed by atoms with Gasteiger partial charge in [-0.25, -0.2) is 4.98 Å². The third-order valence-corrected chi connectivity index (χ3v) is 4.24. The molecular weight excluding hydrogens is 250 g/mol. The van der Waals surface area contributed by atoms with Crippen molar-refractivity contribution in [3.8, 4) is 0 Å². The first-order valence-corrected chi connectivity index (χ1v) is 7.05. The van der Waals surface area contributed by atoms with E-state index in [0.29, 0.717) is 12.3 Å². The van der Waals surface area contributed by atoms with Gasteiger partial charge in [0.2, 0.25) is 0 Å². The minimum Gasteiger partial charge on any atom is -0.480 e. The van der Waals surface area contributed by atoms with Crippen LogP contribution in [-0.2, 0) is 4.79 Å². The lowest BCUT2D eigenvalue weighted by Crippen LogP contribution is -2.56. The molecule has 2 rings (SSSR count). The maximum Gasteiger partial charge on any atom is 0.325 e. The minimum atomic E-state index is -0.822. The Morgan fingerprint density at radius 2 is 2.39 bits per heavy atom. The van der Waals surface area contributed by atoms with Crippen LogP contribution >= 0.6 is 11.8 Å². The van der Waals surface area contributed by atoms with Crippen molar-refractivity contribution in [2.24, 2.45) is 5.92 Å². The molecule has 5 nitrogen and oxygen atoms in total. The van der Waals surface area contributed by atoms with E-state index in [1.807, 2.05) is 6.92 Å². The van der Waals surface area contributed by atoms with Gasteiger partial charge in [-0.1, -0.05) is 6.92 Å². The molecule has 1 aliphatic rings. The molecule has 0 spiro atoms. The van der Waals surface area contributed by atoms with Gasteiger partial charge in [0.25, 0.3) is 0 Å². The van der Waals surface area contributed by atoms with E-state index in [2.05, 4.69) is 15.3 Å². The van der Waals surface area contributed by atoms with Gasteiger partial charge in [0, 0.05) is 18.1 Å². The topological polar surface area (TPSA) is 75.1 Å². The van der Waals surface area contributed by atoms with Crippen LogP contribution in [0.5, 0.6) is 0 Å². The summed E-state index contributed by atoms with van der Waals surface area (Å²) < 4.78 is 0. The molecule has 1 saturated carbocycles. The van der Waals surface area contributed by atoms with E-state index in [4.69, 9.17) is 0 Å². The summed E-state index contributed by atoms with van der Waals surface area (Å²) in [5.41, 5.74) is -0.822. The molecule has 98 valence electrons. The number of nitrogens with zero attached hydrogens (tertiary/aromatic N) is 2. The maximum absolute atomic E-state index is 11.6. The van der Waals surface area contributed by atoms with E-state index < -0.39 is 11.5 Å². The molecule has 0 aromatic carbocycles. The Kier molecular flexibility index (Phi) is 4.19. The van der Waals surface area contributed by atoms with Gasteiger partial charge in [-0.2, -0.15) is 0 Å². The third kappa shape index (κ3) is 2.81. The van der Waals surface area contributed by atoms with Gasteiger partial charge in [-0.15, -0.1) is 11.8 Å². The maximum atomic E-state index is 11.6. The third-order valence-electron chi connectivity index (χ3n) is 3.14. The van der Waals surface area contributed by atoms with E-state index >= 15 is 0 Å². The van der Waals surface area contributed by atoms with Crippen molar-refractivity contribution in [3.05, 3.63) is 18.6 Å². The molecule has 1 aromatic heterocycles. The summed E-state index contributed by atoms with van der Waals surface area (Å²) in [5.74, 6) is -0.0399. The predicted molar refractivity (Wildman–Crippen MR) is 69.5 cm³/mol.